The molecule has 0 spiro atoms. The van der Waals surface area contributed by atoms with Crippen LogP contribution in [-0.2, 0) is 0 Å². The van der Waals surface area contributed by atoms with Crippen LogP contribution in [0, 0.1) is 0 Å². The third-order valence-corrected chi connectivity index (χ3v) is 5.00. The summed E-state index contributed by atoms with van der Waals surface area (Å²) in [6, 6.07) is 11.5. The van der Waals surface area contributed by atoms with Crippen LogP contribution in [0.4, 0.5) is 23.3 Å². The first-order valence-corrected chi connectivity index (χ1v) is 9.80. The average Bonchev–Trinajstić information content (AvgIpc) is 2.80. The van der Waals surface area contributed by atoms with Crippen LogP contribution in [0.25, 0.3) is 22.3 Å². The fourth-order valence-electron chi connectivity index (χ4n) is 3.50. The lowest BCUT2D eigenvalue weighted by atomic mass is 10.2. The Balaban J connectivity index is 1.46. The molecule has 9 nitrogen and oxygen atoms in total. The molecule has 0 amide bonds. The second-order valence-electron chi connectivity index (χ2n) is 6.97. The zero-order valence-corrected chi connectivity index (χ0v) is 16.3. The van der Waals surface area contributed by atoms with Crippen molar-refractivity contribution in [2.24, 2.45) is 0 Å². The van der Waals surface area contributed by atoms with Crippen LogP contribution < -0.4 is 21.3 Å². The smallest absolute Gasteiger partial charge is 0.229 e. The van der Waals surface area contributed by atoms with E-state index in [1.807, 2.05) is 36.4 Å². The van der Waals surface area contributed by atoms with Crippen molar-refractivity contribution in [3.63, 3.8) is 0 Å². The summed E-state index contributed by atoms with van der Waals surface area (Å²) in [5.74, 6) is 1.73. The van der Waals surface area contributed by atoms with Crippen molar-refractivity contribution in [3.8, 4) is 11.4 Å². The normalized spacial score (nSPS) is 14.1. The number of pyridine rings is 3. The summed E-state index contributed by atoms with van der Waals surface area (Å²) in [6.45, 7) is 3.85. The van der Waals surface area contributed by atoms with Gasteiger partial charge in [-0.05, 0) is 30.3 Å². The van der Waals surface area contributed by atoms with E-state index >= 15 is 0 Å². The van der Waals surface area contributed by atoms with Crippen LogP contribution >= 0.6 is 0 Å². The largest absolute Gasteiger partial charge is 0.383 e. The predicted molar refractivity (Wildman–Crippen MR) is 118 cm³/mol. The Labute approximate surface area is 173 Å². The number of nitrogens with zero attached hydrogens (tertiary/aromatic N) is 6. The molecule has 0 atom stereocenters. The molecule has 30 heavy (non-hydrogen) atoms. The van der Waals surface area contributed by atoms with Gasteiger partial charge in [-0.1, -0.05) is 6.07 Å². The Morgan fingerprint density at radius 3 is 2.60 bits per heavy atom. The minimum atomic E-state index is 0.382. The zero-order valence-electron chi connectivity index (χ0n) is 16.3. The highest BCUT2D eigenvalue weighted by Crippen LogP contribution is 2.28. The summed E-state index contributed by atoms with van der Waals surface area (Å²) in [7, 11) is 0. The molecule has 0 saturated carbocycles. The van der Waals surface area contributed by atoms with Crippen LogP contribution in [0.15, 0.2) is 55.0 Å². The molecular formula is C21H21N9. The third-order valence-electron chi connectivity index (χ3n) is 5.00. The van der Waals surface area contributed by atoms with Crippen molar-refractivity contribution in [1.29, 1.82) is 0 Å². The number of aromatic nitrogens is 5. The van der Waals surface area contributed by atoms with Gasteiger partial charge in [0.2, 0.25) is 5.95 Å². The lowest BCUT2D eigenvalue weighted by Gasteiger charge is -2.28. The van der Waals surface area contributed by atoms with Crippen molar-refractivity contribution >= 4 is 34.2 Å². The Kier molecular flexibility index (Phi) is 4.78. The van der Waals surface area contributed by atoms with Gasteiger partial charge in [0, 0.05) is 44.0 Å². The highest BCUT2D eigenvalue weighted by Gasteiger charge is 2.14. The van der Waals surface area contributed by atoms with E-state index in [1.54, 1.807) is 18.6 Å². The van der Waals surface area contributed by atoms with Gasteiger partial charge < -0.3 is 21.3 Å². The van der Waals surface area contributed by atoms with Gasteiger partial charge in [-0.2, -0.15) is 4.98 Å². The summed E-state index contributed by atoms with van der Waals surface area (Å²) in [5, 5.41) is 7.29. The summed E-state index contributed by atoms with van der Waals surface area (Å²) >= 11 is 0. The topological polar surface area (TPSA) is 118 Å². The Bertz CT molecular complexity index is 1160. The van der Waals surface area contributed by atoms with E-state index in [0.717, 1.165) is 48.8 Å². The van der Waals surface area contributed by atoms with Crippen LogP contribution in [0.2, 0.25) is 0 Å². The number of nitrogens with one attached hydrogen (secondary N) is 2. The zero-order chi connectivity index (χ0) is 20.3. The number of piperazine rings is 1. The minimum absolute atomic E-state index is 0.382. The molecule has 0 bridgehead atoms. The second-order valence-corrected chi connectivity index (χ2v) is 6.97. The standard InChI is InChI=1S/C21H21N9/c22-20-15-6-8-25-19(16-3-1-2-7-24-16)18(15)28-21(29-20)27-14-4-5-17(26-13-14)30-11-9-23-10-12-30/h1-8,13,23H,9-12H2,(H3,22,27,28,29). The van der Waals surface area contributed by atoms with Gasteiger partial charge in [-0.25, -0.2) is 9.97 Å². The van der Waals surface area contributed by atoms with E-state index in [4.69, 9.17) is 5.73 Å². The van der Waals surface area contributed by atoms with Gasteiger partial charge in [0.05, 0.1) is 17.6 Å². The quantitative estimate of drug-likeness (QED) is 0.475. The van der Waals surface area contributed by atoms with Crippen molar-refractivity contribution in [2.45, 2.75) is 0 Å². The molecular weight excluding hydrogens is 378 g/mol. The second kappa shape index (κ2) is 7.88. The van der Waals surface area contributed by atoms with Gasteiger partial charge in [0.25, 0.3) is 0 Å². The molecule has 9 heteroatoms. The molecule has 5 heterocycles. The summed E-state index contributed by atoms with van der Waals surface area (Å²) in [5.41, 5.74) is 9.04. The number of fused-ring (bicyclic) bond motifs is 1. The third kappa shape index (κ3) is 3.58. The average molecular weight is 399 g/mol. The summed E-state index contributed by atoms with van der Waals surface area (Å²) < 4.78 is 0. The van der Waals surface area contributed by atoms with Gasteiger partial charge in [0.1, 0.15) is 22.8 Å². The molecule has 0 radical (unpaired) electrons. The molecule has 4 N–H and O–H groups in total. The van der Waals surface area contributed by atoms with E-state index in [2.05, 4.69) is 40.5 Å². The first-order valence-electron chi connectivity index (χ1n) is 9.80. The van der Waals surface area contributed by atoms with Gasteiger partial charge in [-0.3, -0.25) is 9.97 Å². The van der Waals surface area contributed by atoms with Gasteiger partial charge in [-0.15, -0.1) is 0 Å². The highest BCUT2D eigenvalue weighted by molar-refractivity contribution is 5.96. The Morgan fingerprint density at radius 1 is 0.933 bits per heavy atom. The minimum Gasteiger partial charge on any atom is -0.383 e. The Hall–Kier alpha value is -3.85. The highest BCUT2D eigenvalue weighted by atomic mass is 15.2. The maximum Gasteiger partial charge on any atom is 0.229 e. The number of hydrogen-bond acceptors (Lipinski definition) is 9. The Morgan fingerprint density at radius 2 is 1.83 bits per heavy atom. The van der Waals surface area contributed by atoms with E-state index in [-0.39, 0.29) is 0 Å². The molecule has 4 aromatic heterocycles. The lowest BCUT2D eigenvalue weighted by molar-refractivity contribution is 0.585. The summed E-state index contributed by atoms with van der Waals surface area (Å²) in [6.07, 6.45) is 5.20. The number of nitrogen functional groups attached to an aromatic ring is 1. The molecule has 1 saturated heterocycles. The lowest BCUT2D eigenvalue weighted by Crippen LogP contribution is -2.43. The maximum absolute atomic E-state index is 6.21. The summed E-state index contributed by atoms with van der Waals surface area (Å²) in [4.78, 5) is 24.8. The van der Waals surface area contributed by atoms with E-state index in [1.165, 1.54) is 0 Å². The molecule has 1 fully saturated rings. The van der Waals surface area contributed by atoms with Crippen molar-refractivity contribution < 1.29 is 0 Å². The van der Waals surface area contributed by atoms with E-state index < -0.39 is 0 Å². The van der Waals surface area contributed by atoms with Crippen LogP contribution in [0.1, 0.15) is 0 Å². The van der Waals surface area contributed by atoms with Crippen molar-refractivity contribution in [3.05, 3.63) is 55.0 Å². The SMILES string of the molecule is Nc1nc(Nc2ccc(N3CCNCC3)nc2)nc2c(-c3ccccn3)nccc12. The molecule has 4 aromatic rings. The van der Waals surface area contributed by atoms with E-state index in [0.29, 0.717) is 23.0 Å². The number of rotatable bonds is 4. The fourth-order valence-corrected chi connectivity index (χ4v) is 3.50. The first-order chi connectivity index (χ1) is 14.8. The van der Waals surface area contributed by atoms with E-state index in [9.17, 15) is 0 Å². The molecule has 1 aliphatic heterocycles. The maximum atomic E-state index is 6.21. The molecule has 0 unspecified atom stereocenters. The molecule has 1 aliphatic rings. The number of anilines is 4. The molecule has 0 aromatic carbocycles. The van der Waals surface area contributed by atoms with Gasteiger partial charge >= 0.3 is 0 Å². The first kappa shape index (κ1) is 18.2. The van der Waals surface area contributed by atoms with Crippen molar-refractivity contribution in [2.75, 3.05) is 42.1 Å². The fraction of sp³-hybridized carbons (Fsp3) is 0.190. The van der Waals surface area contributed by atoms with Crippen LogP contribution in [-0.4, -0.2) is 51.1 Å². The van der Waals surface area contributed by atoms with Crippen LogP contribution in [0.3, 0.4) is 0 Å². The van der Waals surface area contributed by atoms with Crippen LogP contribution in [0.5, 0.6) is 0 Å². The molecule has 5 rings (SSSR count). The monoisotopic (exact) mass is 399 g/mol. The van der Waals surface area contributed by atoms with Gasteiger partial charge in [0.15, 0.2) is 0 Å². The number of nitrogens with two attached hydrogens (primary N) is 1. The van der Waals surface area contributed by atoms with Crippen molar-refractivity contribution in [1.82, 2.24) is 30.2 Å². The molecule has 0 aliphatic carbocycles. The predicted octanol–water partition coefficient (Wildman–Crippen LogP) is 2.22. The molecule has 150 valence electrons. The number of hydrogen-bond donors (Lipinski definition) is 3.